The fraction of sp³-hybridized carbons (Fsp3) is 0.941. The molecule has 1 saturated carbocycles. The third-order valence-corrected chi connectivity index (χ3v) is 4.47. The van der Waals surface area contributed by atoms with Gasteiger partial charge in [0.15, 0.2) is 0 Å². The van der Waals surface area contributed by atoms with E-state index in [1.54, 1.807) is 0 Å². The Morgan fingerprint density at radius 1 is 1.19 bits per heavy atom. The highest BCUT2D eigenvalue weighted by Crippen LogP contribution is 2.27. The molecule has 0 aromatic rings. The van der Waals surface area contributed by atoms with Crippen LogP contribution in [0.1, 0.15) is 72.1 Å². The molecular weight excluding hydrogens is 264 g/mol. The molecule has 0 bridgehead atoms. The minimum atomic E-state index is -0.760. The number of nitrogens with zero attached hydrogens (tertiary/aromatic N) is 1. The van der Waals surface area contributed by atoms with E-state index in [4.69, 9.17) is 0 Å². The molecule has 0 aromatic carbocycles. The zero-order valence-electron chi connectivity index (χ0n) is 14.2. The van der Waals surface area contributed by atoms with Gasteiger partial charge in [0.2, 0.25) is 0 Å². The molecule has 1 atom stereocenters. The van der Waals surface area contributed by atoms with Crippen LogP contribution in [0.3, 0.4) is 0 Å². The van der Waals surface area contributed by atoms with Gasteiger partial charge in [-0.3, -0.25) is 4.79 Å². The maximum absolute atomic E-state index is 11.4. The summed E-state index contributed by atoms with van der Waals surface area (Å²) < 4.78 is 0. The Hall–Kier alpha value is -0.610. The SMILES string of the molecule is CCCCN(CCCCC(C)(NCCC)C(=O)O)C1CC1. The lowest BCUT2D eigenvalue weighted by Crippen LogP contribution is -2.49. The Morgan fingerprint density at radius 3 is 2.38 bits per heavy atom. The summed E-state index contributed by atoms with van der Waals surface area (Å²) in [5.41, 5.74) is -0.760. The monoisotopic (exact) mass is 298 g/mol. The topological polar surface area (TPSA) is 52.6 Å². The number of carboxylic acids is 1. The Bertz CT molecular complexity index is 305. The predicted molar refractivity (Wildman–Crippen MR) is 87.7 cm³/mol. The maximum Gasteiger partial charge on any atom is 0.323 e. The molecule has 4 nitrogen and oxygen atoms in total. The van der Waals surface area contributed by atoms with E-state index in [0.29, 0.717) is 6.42 Å². The van der Waals surface area contributed by atoms with Crippen molar-refractivity contribution in [1.29, 1.82) is 0 Å². The molecule has 1 fully saturated rings. The third-order valence-electron chi connectivity index (χ3n) is 4.47. The summed E-state index contributed by atoms with van der Waals surface area (Å²) in [6.45, 7) is 9.24. The number of hydrogen-bond donors (Lipinski definition) is 2. The lowest BCUT2D eigenvalue weighted by Gasteiger charge is -2.27. The first-order chi connectivity index (χ1) is 10.0. The van der Waals surface area contributed by atoms with Crippen molar-refractivity contribution in [2.45, 2.75) is 83.7 Å². The summed E-state index contributed by atoms with van der Waals surface area (Å²) in [7, 11) is 0. The summed E-state index contributed by atoms with van der Waals surface area (Å²) in [6.07, 6.45) is 9.02. The molecule has 2 N–H and O–H groups in total. The van der Waals surface area contributed by atoms with Gasteiger partial charge < -0.3 is 15.3 Å². The zero-order valence-corrected chi connectivity index (χ0v) is 14.2. The number of aliphatic carboxylic acids is 1. The molecule has 4 heteroatoms. The van der Waals surface area contributed by atoms with Crippen LogP contribution < -0.4 is 5.32 Å². The van der Waals surface area contributed by atoms with Crippen molar-refractivity contribution in [3.05, 3.63) is 0 Å². The number of unbranched alkanes of at least 4 members (excludes halogenated alkanes) is 2. The van der Waals surface area contributed by atoms with E-state index < -0.39 is 11.5 Å². The molecule has 0 amide bonds. The first-order valence-electron chi connectivity index (χ1n) is 8.76. The van der Waals surface area contributed by atoms with Crippen molar-refractivity contribution in [3.8, 4) is 0 Å². The number of nitrogens with one attached hydrogen (secondary N) is 1. The van der Waals surface area contributed by atoms with E-state index in [2.05, 4.69) is 24.1 Å². The van der Waals surface area contributed by atoms with Gasteiger partial charge >= 0.3 is 5.97 Å². The van der Waals surface area contributed by atoms with Crippen molar-refractivity contribution in [2.24, 2.45) is 0 Å². The van der Waals surface area contributed by atoms with Crippen LogP contribution in [0.25, 0.3) is 0 Å². The van der Waals surface area contributed by atoms with E-state index in [0.717, 1.165) is 38.4 Å². The Morgan fingerprint density at radius 2 is 1.86 bits per heavy atom. The lowest BCUT2D eigenvalue weighted by molar-refractivity contribution is -0.144. The smallest absolute Gasteiger partial charge is 0.323 e. The van der Waals surface area contributed by atoms with Gasteiger partial charge in [0.1, 0.15) is 5.54 Å². The van der Waals surface area contributed by atoms with Crippen LogP contribution >= 0.6 is 0 Å². The molecule has 0 aromatic heterocycles. The fourth-order valence-corrected chi connectivity index (χ4v) is 2.74. The van der Waals surface area contributed by atoms with Crippen LogP contribution in [0.2, 0.25) is 0 Å². The summed E-state index contributed by atoms with van der Waals surface area (Å²) in [5, 5.41) is 12.6. The van der Waals surface area contributed by atoms with Crippen molar-refractivity contribution in [1.82, 2.24) is 10.2 Å². The van der Waals surface area contributed by atoms with Gasteiger partial charge in [-0.15, -0.1) is 0 Å². The van der Waals surface area contributed by atoms with Gasteiger partial charge in [0.05, 0.1) is 0 Å². The van der Waals surface area contributed by atoms with Gasteiger partial charge in [-0.25, -0.2) is 0 Å². The lowest BCUT2D eigenvalue weighted by atomic mass is 9.94. The van der Waals surface area contributed by atoms with Crippen molar-refractivity contribution in [2.75, 3.05) is 19.6 Å². The van der Waals surface area contributed by atoms with Crippen LogP contribution in [0.4, 0.5) is 0 Å². The highest BCUT2D eigenvalue weighted by Gasteiger charge is 2.32. The van der Waals surface area contributed by atoms with E-state index in [1.807, 2.05) is 6.92 Å². The normalized spacial score (nSPS) is 17.9. The van der Waals surface area contributed by atoms with Gasteiger partial charge in [-0.05, 0) is 71.5 Å². The molecule has 0 heterocycles. The van der Waals surface area contributed by atoms with Crippen molar-refractivity contribution in [3.63, 3.8) is 0 Å². The minimum Gasteiger partial charge on any atom is -0.480 e. The second-order valence-electron chi connectivity index (χ2n) is 6.64. The molecule has 1 aliphatic rings. The summed E-state index contributed by atoms with van der Waals surface area (Å²) in [4.78, 5) is 14.1. The standard InChI is InChI=1S/C17H34N2O2/c1-4-6-13-19(15-9-10-15)14-8-7-11-17(3,16(20)21)18-12-5-2/h15,18H,4-14H2,1-3H3,(H,20,21). The summed E-state index contributed by atoms with van der Waals surface area (Å²) >= 11 is 0. The van der Waals surface area contributed by atoms with E-state index >= 15 is 0 Å². The minimum absolute atomic E-state index is 0.717. The van der Waals surface area contributed by atoms with Crippen molar-refractivity contribution < 1.29 is 9.90 Å². The largest absolute Gasteiger partial charge is 0.480 e. The van der Waals surface area contributed by atoms with E-state index in [9.17, 15) is 9.90 Å². The highest BCUT2D eigenvalue weighted by molar-refractivity contribution is 5.78. The summed E-state index contributed by atoms with van der Waals surface area (Å²) in [6, 6.07) is 0.820. The Balaban J connectivity index is 2.27. The van der Waals surface area contributed by atoms with Gasteiger partial charge in [-0.1, -0.05) is 20.3 Å². The molecule has 124 valence electrons. The number of carboxylic acid groups (broad SMARTS) is 1. The van der Waals surface area contributed by atoms with Crippen LogP contribution in [-0.2, 0) is 4.79 Å². The fourth-order valence-electron chi connectivity index (χ4n) is 2.74. The molecule has 1 unspecified atom stereocenters. The summed E-state index contributed by atoms with van der Waals surface area (Å²) in [5.74, 6) is -0.721. The number of carbonyl (C=O) groups is 1. The third kappa shape index (κ3) is 6.79. The average Bonchev–Trinajstić information content (AvgIpc) is 3.28. The first-order valence-corrected chi connectivity index (χ1v) is 8.76. The molecule has 1 aliphatic carbocycles. The van der Waals surface area contributed by atoms with Gasteiger partial charge in [0.25, 0.3) is 0 Å². The van der Waals surface area contributed by atoms with Crippen molar-refractivity contribution >= 4 is 5.97 Å². The van der Waals surface area contributed by atoms with Gasteiger partial charge in [-0.2, -0.15) is 0 Å². The average molecular weight is 298 g/mol. The molecule has 0 radical (unpaired) electrons. The highest BCUT2D eigenvalue weighted by atomic mass is 16.4. The van der Waals surface area contributed by atoms with E-state index in [1.165, 1.54) is 32.2 Å². The molecule has 1 rings (SSSR count). The zero-order chi connectivity index (χ0) is 15.7. The second-order valence-corrected chi connectivity index (χ2v) is 6.64. The number of rotatable bonds is 13. The second kappa shape index (κ2) is 9.42. The Kier molecular flexibility index (Phi) is 8.27. The molecule has 0 spiro atoms. The van der Waals surface area contributed by atoms with Crippen LogP contribution in [-0.4, -0.2) is 47.2 Å². The quantitative estimate of drug-likeness (QED) is 0.512. The van der Waals surface area contributed by atoms with Gasteiger partial charge in [0, 0.05) is 6.04 Å². The number of hydrogen-bond acceptors (Lipinski definition) is 3. The predicted octanol–water partition coefficient (Wildman–Crippen LogP) is 3.26. The molecule has 0 aliphatic heterocycles. The maximum atomic E-state index is 11.4. The van der Waals surface area contributed by atoms with E-state index in [-0.39, 0.29) is 0 Å². The molecular formula is C17H34N2O2. The Labute approximate surface area is 130 Å². The molecule has 0 saturated heterocycles. The van der Waals surface area contributed by atoms with Crippen LogP contribution in [0, 0.1) is 0 Å². The van der Waals surface area contributed by atoms with Crippen LogP contribution in [0.15, 0.2) is 0 Å². The first kappa shape index (κ1) is 18.4. The molecule has 21 heavy (non-hydrogen) atoms. The van der Waals surface area contributed by atoms with Crippen LogP contribution in [0.5, 0.6) is 0 Å².